The molecule has 2 heterocycles. The Morgan fingerprint density at radius 2 is 1.86 bits per heavy atom. The van der Waals surface area contributed by atoms with Gasteiger partial charge in [0.15, 0.2) is 17.2 Å². The highest BCUT2D eigenvalue weighted by atomic mass is 16.5. The van der Waals surface area contributed by atoms with Crippen LogP contribution < -0.4 is 5.32 Å². The second-order valence-corrected chi connectivity index (χ2v) is 12.2. The highest BCUT2D eigenvalue weighted by Gasteiger charge is 2.76. The van der Waals surface area contributed by atoms with Gasteiger partial charge in [0.05, 0.1) is 17.3 Å². The van der Waals surface area contributed by atoms with Crippen molar-refractivity contribution < 1.29 is 29.3 Å². The van der Waals surface area contributed by atoms with E-state index in [4.69, 9.17) is 9.47 Å². The third kappa shape index (κ3) is 2.70. The van der Waals surface area contributed by atoms with E-state index in [2.05, 4.69) is 5.32 Å². The summed E-state index contributed by atoms with van der Waals surface area (Å²) in [6.45, 7) is 7.43. The largest absolute Gasteiger partial charge is 0.387 e. The zero-order valence-electron chi connectivity index (χ0n) is 20.9. The van der Waals surface area contributed by atoms with Crippen molar-refractivity contribution in [1.82, 2.24) is 0 Å². The van der Waals surface area contributed by atoms with Crippen LogP contribution in [0.15, 0.2) is 35.9 Å². The molecule has 6 rings (SSSR count). The SMILES string of the molecule is CC(C)(O)[C@H]1OC2CC[C@@]3(C)[C@@](O)(CC[C@H]4C[C@]5(OCNc6ccccc65)C(=O)[C@@]43C)C2=CC1=O. The number of hydrogen-bond acceptors (Lipinski definition) is 7. The number of Topliss-reactive ketones (excluding diaryl/α,β-unsaturated/α-hetero) is 1. The van der Waals surface area contributed by atoms with Gasteiger partial charge in [-0.05, 0) is 69.6 Å². The number of aliphatic hydroxyl groups is 2. The molecule has 0 amide bonds. The van der Waals surface area contributed by atoms with Gasteiger partial charge in [-0.3, -0.25) is 9.59 Å². The fraction of sp³-hybridized carbons (Fsp3) is 0.643. The van der Waals surface area contributed by atoms with Crippen LogP contribution in [0.5, 0.6) is 0 Å². The van der Waals surface area contributed by atoms with Crippen LogP contribution in [0.4, 0.5) is 5.69 Å². The maximum atomic E-state index is 14.6. The molecule has 1 aromatic carbocycles. The molecule has 3 fully saturated rings. The van der Waals surface area contributed by atoms with Crippen LogP contribution in [-0.2, 0) is 24.7 Å². The molecule has 0 saturated heterocycles. The molecule has 3 aliphatic carbocycles. The van der Waals surface area contributed by atoms with E-state index in [9.17, 15) is 19.8 Å². The minimum absolute atomic E-state index is 0.0287. The molecule has 1 aromatic rings. The van der Waals surface area contributed by atoms with Gasteiger partial charge in [-0.15, -0.1) is 0 Å². The second-order valence-electron chi connectivity index (χ2n) is 12.2. The Labute approximate surface area is 205 Å². The van der Waals surface area contributed by atoms with Crippen LogP contribution in [0, 0.1) is 16.7 Å². The average Bonchev–Trinajstić information content (AvgIpc) is 3.03. The summed E-state index contributed by atoms with van der Waals surface area (Å²) in [5.41, 5.74) is -2.98. The molecule has 0 aromatic heterocycles. The highest BCUT2D eigenvalue weighted by Crippen LogP contribution is 2.72. The fourth-order valence-corrected chi connectivity index (χ4v) is 8.19. The van der Waals surface area contributed by atoms with Crippen LogP contribution in [-0.4, -0.2) is 51.9 Å². The molecule has 7 heteroatoms. The van der Waals surface area contributed by atoms with Gasteiger partial charge in [0, 0.05) is 22.1 Å². The summed E-state index contributed by atoms with van der Waals surface area (Å²) in [7, 11) is 0. The number of hydrogen-bond donors (Lipinski definition) is 3. The third-order valence-corrected chi connectivity index (χ3v) is 10.3. The molecule has 3 saturated carbocycles. The Hall–Kier alpha value is -2.06. The van der Waals surface area contributed by atoms with Crippen LogP contribution >= 0.6 is 0 Å². The van der Waals surface area contributed by atoms with E-state index < -0.39 is 39.8 Å². The average molecular weight is 482 g/mol. The summed E-state index contributed by atoms with van der Waals surface area (Å²) < 4.78 is 12.4. The van der Waals surface area contributed by atoms with Gasteiger partial charge in [0.2, 0.25) is 0 Å². The lowest BCUT2D eigenvalue weighted by Crippen LogP contribution is -2.68. The van der Waals surface area contributed by atoms with Crippen LogP contribution in [0.1, 0.15) is 65.4 Å². The van der Waals surface area contributed by atoms with Gasteiger partial charge in [-0.2, -0.15) is 0 Å². The molecule has 1 spiro atoms. The quantitative estimate of drug-likeness (QED) is 0.566. The number of carbonyl (C=O) groups excluding carboxylic acids is 2. The maximum Gasteiger partial charge on any atom is 0.187 e. The van der Waals surface area contributed by atoms with Gasteiger partial charge in [0.1, 0.15) is 12.8 Å². The van der Waals surface area contributed by atoms with Gasteiger partial charge in [-0.1, -0.05) is 32.0 Å². The van der Waals surface area contributed by atoms with Crippen molar-refractivity contribution in [3.8, 4) is 0 Å². The van der Waals surface area contributed by atoms with Crippen molar-refractivity contribution in [2.75, 3.05) is 12.0 Å². The molecule has 0 bridgehead atoms. The lowest BCUT2D eigenvalue weighted by atomic mass is 9.42. The first kappa shape index (κ1) is 23.3. The zero-order chi connectivity index (χ0) is 25.0. The fourth-order valence-electron chi connectivity index (χ4n) is 8.19. The molecule has 35 heavy (non-hydrogen) atoms. The molecule has 7 atom stereocenters. The number of para-hydroxylation sites is 1. The van der Waals surface area contributed by atoms with Crippen molar-refractivity contribution in [1.29, 1.82) is 0 Å². The standard InChI is InChI=1S/C28H35NO6/c1-24(2,32)22-20(30)13-18-21(35-22)10-11-25(3)26(4)16(9-12-28(18,25)33)14-27(23(26)31)17-7-5-6-8-19(17)29-15-34-27/h5-8,13,16,21-22,29,32-33H,9-12,14-15H2,1-4H3/t16-,21?,22-,25+,26+,27+,28+/m0/s1. The molecule has 7 nitrogen and oxygen atoms in total. The molecule has 2 aliphatic heterocycles. The summed E-state index contributed by atoms with van der Waals surface area (Å²) in [6, 6.07) is 7.84. The first-order valence-corrected chi connectivity index (χ1v) is 12.8. The molecular formula is C28H35NO6. The Balaban J connectivity index is 1.45. The summed E-state index contributed by atoms with van der Waals surface area (Å²) >= 11 is 0. The lowest BCUT2D eigenvalue weighted by Gasteiger charge is -2.64. The van der Waals surface area contributed by atoms with E-state index in [1.54, 1.807) is 13.8 Å². The molecule has 5 aliphatic rings. The minimum atomic E-state index is -1.35. The van der Waals surface area contributed by atoms with E-state index in [0.717, 1.165) is 11.3 Å². The smallest absolute Gasteiger partial charge is 0.187 e. The first-order valence-electron chi connectivity index (χ1n) is 12.8. The Bertz CT molecular complexity index is 1150. The van der Waals surface area contributed by atoms with Gasteiger partial charge < -0.3 is 25.0 Å². The summed E-state index contributed by atoms with van der Waals surface area (Å²) in [4.78, 5) is 27.6. The molecule has 1 unspecified atom stereocenters. The van der Waals surface area contributed by atoms with Crippen molar-refractivity contribution in [3.63, 3.8) is 0 Å². The number of nitrogens with one attached hydrogen (secondary N) is 1. The summed E-state index contributed by atoms with van der Waals surface area (Å²) in [6.07, 6.45) is 2.94. The van der Waals surface area contributed by atoms with Crippen molar-refractivity contribution in [2.45, 2.75) is 88.8 Å². The second kappa shape index (κ2) is 7.03. The number of rotatable bonds is 1. The Morgan fingerprint density at radius 3 is 2.60 bits per heavy atom. The number of ether oxygens (including phenoxy) is 2. The van der Waals surface area contributed by atoms with Gasteiger partial charge in [0.25, 0.3) is 0 Å². The van der Waals surface area contributed by atoms with Crippen LogP contribution in [0.25, 0.3) is 0 Å². The Morgan fingerprint density at radius 1 is 1.11 bits per heavy atom. The predicted molar refractivity (Wildman–Crippen MR) is 128 cm³/mol. The van der Waals surface area contributed by atoms with Gasteiger partial charge >= 0.3 is 0 Å². The van der Waals surface area contributed by atoms with Crippen molar-refractivity contribution in [3.05, 3.63) is 41.5 Å². The predicted octanol–water partition coefficient (Wildman–Crippen LogP) is 3.24. The number of carbonyl (C=O) groups is 2. The van der Waals surface area contributed by atoms with E-state index in [-0.39, 0.29) is 24.2 Å². The molecule has 3 N–H and O–H groups in total. The summed E-state index contributed by atoms with van der Waals surface area (Å²) in [5.74, 6) is -0.257. The number of anilines is 1. The van der Waals surface area contributed by atoms with Gasteiger partial charge in [-0.25, -0.2) is 0 Å². The minimum Gasteiger partial charge on any atom is -0.387 e. The molecule has 0 radical (unpaired) electrons. The van der Waals surface area contributed by atoms with E-state index in [1.165, 1.54) is 6.08 Å². The maximum absolute atomic E-state index is 14.6. The number of benzene rings is 1. The van der Waals surface area contributed by atoms with E-state index >= 15 is 0 Å². The monoisotopic (exact) mass is 481 g/mol. The van der Waals surface area contributed by atoms with Crippen molar-refractivity contribution >= 4 is 17.3 Å². The Kier molecular flexibility index (Phi) is 4.69. The first-order chi connectivity index (χ1) is 16.4. The summed E-state index contributed by atoms with van der Waals surface area (Å²) in [5, 5.41) is 26.1. The number of fused-ring (bicyclic) bond motifs is 7. The van der Waals surface area contributed by atoms with Crippen molar-refractivity contribution in [2.24, 2.45) is 16.7 Å². The zero-order valence-corrected chi connectivity index (χ0v) is 20.9. The van der Waals surface area contributed by atoms with E-state index in [1.807, 2.05) is 38.1 Å². The lowest BCUT2D eigenvalue weighted by molar-refractivity contribution is -0.211. The topological polar surface area (TPSA) is 105 Å². The van der Waals surface area contributed by atoms with Crippen LogP contribution in [0.3, 0.4) is 0 Å². The van der Waals surface area contributed by atoms with E-state index in [0.29, 0.717) is 37.7 Å². The highest BCUT2D eigenvalue weighted by molar-refractivity contribution is 5.99. The van der Waals surface area contributed by atoms with Crippen LogP contribution in [0.2, 0.25) is 0 Å². The molecular weight excluding hydrogens is 446 g/mol. The number of ketones is 2. The molecule has 188 valence electrons. The third-order valence-electron chi connectivity index (χ3n) is 10.3. The normalized spacial score (nSPS) is 44.6.